The molecule has 0 saturated heterocycles. The third-order valence-corrected chi connectivity index (χ3v) is 4.90. The second kappa shape index (κ2) is 6.42. The van der Waals surface area contributed by atoms with Gasteiger partial charge in [-0.2, -0.15) is 9.61 Å². The van der Waals surface area contributed by atoms with Gasteiger partial charge in [-0.15, -0.1) is 10.2 Å². The van der Waals surface area contributed by atoms with Gasteiger partial charge in [0.1, 0.15) is 6.20 Å². The first-order valence-corrected chi connectivity index (χ1v) is 8.20. The molecule has 0 aliphatic carbocycles. The summed E-state index contributed by atoms with van der Waals surface area (Å²) in [6.07, 6.45) is 1.09. The number of fused-ring (bicyclic) bond motifs is 1. The third kappa shape index (κ3) is 3.26. The zero-order chi connectivity index (χ0) is 15.5. The number of aromatic nitrogens is 4. The molecule has 1 N–H and O–H groups in total. The minimum absolute atomic E-state index is 0.146. The van der Waals surface area contributed by atoms with Crippen molar-refractivity contribution in [2.24, 2.45) is 0 Å². The van der Waals surface area contributed by atoms with Crippen LogP contribution in [0.1, 0.15) is 0 Å². The summed E-state index contributed by atoms with van der Waals surface area (Å²) in [5.41, 5.74) is 0.203. The standard InChI is InChI=1S/C12H8ClN5O2S2/c13-7-3-1-2-4-8(7)15-9(19)6-21-12-17-18-10(20)5-14-16-11(18)22-12/h1-5H,6H2,(H,15,19). The Morgan fingerprint density at radius 1 is 1.41 bits per heavy atom. The average Bonchev–Trinajstić information content (AvgIpc) is 2.92. The minimum atomic E-state index is -0.353. The van der Waals surface area contributed by atoms with Crippen LogP contribution in [0.5, 0.6) is 0 Å². The van der Waals surface area contributed by atoms with Crippen molar-refractivity contribution in [1.29, 1.82) is 0 Å². The molecule has 7 nitrogen and oxygen atoms in total. The maximum atomic E-state index is 11.9. The van der Waals surface area contributed by atoms with Gasteiger partial charge in [0.05, 0.1) is 16.5 Å². The second-order valence-corrected chi connectivity index (χ2v) is 6.65. The van der Waals surface area contributed by atoms with Crippen LogP contribution >= 0.6 is 34.7 Å². The highest BCUT2D eigenvalue weighted by molar-refractivity contribution is 8.01. The van der Waals surface area contributed by atoms with E-state index in [1.54, 1.807) is 24.3 Å². The van der Waals surface area contributed by atoms with Crippen LogP contribution in [0, 0.1) is 0 Å². The lowest BCUT2D eigenvalue weighted by atomic mass is 10.3. The number of hydrogen-bond acceptors (Lipinski definition) is 7. The molecule has 0 bridgehead atoms. The number of halogens is 1. The Morgan fingerprint density at radius 2 is 2.23 bits per heavy atom. The third-order valence-electron chi connectivity index (χ3n) is 2.54. The number of nitrogens with one attached hydrogen (secondary N) is 1. The van der Waals surface area contributed by atoms with Gasteiger partial charge in [0, 0.05) is 0 Å². The van der Waals surface area contributed by atoms with E-state index in [1.807, 2.05) is 0 Å². The smallest absolute Gasteiger partial charge is 0.293 e. The van der Waals surface area contributed by atoms with Gasteiger partial charge < -0.3 is 5.32 Å². The molecule has 0 unspecified atom stereocenters. The number of rotatable bonds is 4. The SMILES string of the molecule is O=C(CSc1nn2c(=O)cnnc2s1)Nc1ccccc1Cl. The molecular weight excluding hydrogens is 346 g/mol. The number of hydrogen-bond donors (Lipinski definition) is 1. The Hall–Kier alpha value is -1.97. The van der Waals surface area contributed by atoms with Crippen molar-refractivity contribution in [2.45, 2.75) is 4.34 Å². The van der Waals surface area contributed by atoms with E-state index in [2.05, 4.69) is 20.6 Å². The largest absolute Gasteiger partial charge is 0.324 e. The zero-order valence-electron chi connectivity index (χ0n) is 10.9. The first kappa shape index (κ1) is 14.9. The number of para-hydroxylation sites is 1. The van der Waals surface area contributed by atoms with Gasteiger partial charge >= 0.3 is 0 Å². The van der Waals surface area contributed by atoms with Crippen LogP contribution in [0.25, 0.3) is 4.96 Å². The highest BCUT2D eigenvalue weighted by atomic mass is 35.5. The predicted molar refractivity (Wildman–Crippen MR) is 85.7 cm³/mol. The maximum Gasteiger partial charge on any atom is 0.293 e. The summed E-state index contributed by atoms with van der Waals surface area (Å²) in [6.45, 7) is 0. The Kier molecular flexibility index (Phi) is 4.36. The fourth-order valence-corrected chi connectivity index (χ4v) is 3.46. The van der Waals surface area contributed by atoms with Crippen LogP contribution in [-0.4, -0.2) is 31.5 Å². The van der Waals surface area contributed by atoms with Crippen molar-refractivity contribution >= 4 is 51.3 Å². The van der Waals surface area contributed by atoms with E-state index in [4.69, 9.17) is 11.6 Å². The molecule has 0 fully saturated rings. The summed E-state index contributed by atoms with van der Waals surface area (Å²) < 4.78 is 1.72. The van der Waals surface area contributed by atoms with E-state index in [0.717, 1.165) is 10.7 Å². The van der Waals surface area contributed by atoms with Crippen molar-refractivity contribution in [2.75, 3.05) is 11.1 Å². The van der Waals surface area contributed by atoms with E-state index in [1.165, 1.54) is 23.1 Å². The number of carbonyl (C=O) groups excluding carboxylic acids is 1. The van der Waals surface area contributed by atoms with Crippen LogP contribution in [0.15, 0.2) is 39.6 Å². The van der Waals surface area contributed by atoms with Crippen molar-refractivity contribution in [3.8, 4) is 0 Å². The molecular formula is C12H8ClN5O2S2. The Morgan fingerprint density at radius 3 is 3.00 bits per heavy atom. The molecule has 0 atom stereocenters. The first-order chi connectivity index (χ1) is 10.6. The molecule has 22 heavy (non-hydrogen) atoms. The first-order valence-electron chi connectivity index (χ1n) is 6.02. The Labute approximate surface area is 137 Å². The molecule has 3 rings (SSSR count). The van der Waals surface area contributed by atoms with Crippen LogP contribution < -0.4 is 10.9 Å². The van der Waals surface area contributed by atoms with Gasteiger partial charge in [0.25, 0.3) is 5.56 Å². The molecule has 1 amide bonds. The molecule has 112 valence electrons. The van der Waals surface area contributed by atoms with E-state index in [-0.39, 0.29) is 17.2 Å². The molecule has 0 saturated carbocycles. The lowest BCUT2D eigenvalue weighted by molar-refractivity contribution is -0.113. The average molecular weight is 354 g/mol. The summed E-state index contributed by atoms with van der Waals surface area (Å²) in [7, 11) is 0. The van der Waals surface area contributed by atoms with E-state index < -0.39 is 0 Å². The molecule has 10 heteroatoms. The van der Waals surface area contributed by atoms with Crippen molar-refractivity contribution < 1.29 is 4.79 Å². The number of carbonyl (C=O) groups is 1. The van der Waals surface area contributed by atoms with Gasteiger partial charge in [0.15, 0.2) is 4.34 Å². The Balaban J connectivity index is 1.66. The van der Waals surface area contributed by atoms with Gasteiger partial charge in [0.2, 0.25) is 10.9 Å². The second-order valence-electron chi connectivity index (χ2n) is 4.06. The molecule has 0 radical (unpaired) electrons. The topological polar surface area (TPSA) is 89.3 Å². The normalized spacial score (nSPS) is 10.8. The van der Waals surface area contributed by atoms with Gasteiger partial charge in [-0.1, -0.05) is 46.8 Å². The Bertz CT molecular complexity index is 894. The minimum Gasteiger partial charge on any atom is -0.324 e. The quantitative estimate of drug-likeness (QED) is 0.721. The monoisotopic (exact) mass is 353 g/mol. The van der Waals surface area contributed by atoms with Crippen LogP contribution in [-0.2, 0) is 4.79 Å². The number of nitrogens with zero attached hydrogens (tertiary/aromatic N) is 4. The van der Waals surface area contributed by atoms with Crippen molar-refractivity contribution in [1.82, 2.24) is 19.8 Å². The summed E-state index contributed by atoms with van der Waals surface area (Å²) in [5, 5.41) is 14.7. The highest BCUT2D eigenvalue weighted by Gasteiger charge is 2.11. The van der Waals surface area contributed by atoms with Crippen LogP contribution in [0.2, 0.25) is 5.02 Å². The number of benzene rings is 1. The van der Waals surface area contributed by atoms with E-state index in [0.29, 0.717) is 20.0 Å². The number of anilines is 1. The molecule has 3 aromatic rings. The molecule has 0 aliphatic rings. The molecule has 0 spiro atoms. The molecule has 2 aromatic heterocycles. The lowest BCUT2D eigenvalue weighted by Gasteiger charge is -2.05. The fraction of sp³-hybridized carbons (Fsp3) is 0.0833. The lowest BCUT2D eigenvalue weighted by Crippen LogP contribution is -2.15. The van der Waals surface area contributed by atoms with Gasteiger partial charge in [-0.25, -0.2) is 0 Å². The molecule has 0 aliphatic heterocycles. The van der Waals surface area contributed by atoms with Crippen molar-refractivity contribution in [3.05, 3.63) is 45.8 Å². The van der Waals surface area contributed by atoms with Crippen LogP contribution in [0.4, 0.5) is 5.69 Å². The fourth-order valence-electron chi connectivity index (χ4n) is 1.59. The molecule has 1 aromatic carbocycles. The van der Waals surface area contributed by atoms with E-state index in [9.17, 15) is 9.59 Å². The van der Waals surface area contributed by atoms with Gasteiger partial charge in [-0.05, 0) is 12.1 Å². The maximum absolute atomic E-state index is 11.9. The zero-order valence-corrected chi connectivity index (χ0v) is 13.3. The summed E-state index contributed by atoms with van der Waals surface area (Å²) in [4.78, 5) is 23.8. The van der Waals surface area contributed by atoms with E-state index >= 15 is 0 Å². The van der Waals surface area contributed by atoms with Crippen LogP contribution in [0.3, 0.4) is 0 Å². The summed E-state index contributed by atoms with van der Waals surface area (Å²) in [5.74, 6) is -0.0662. The number of amides is 1. The van der Waals surface area contributed by atoms with Crippen molar-refractivity contribution in [3.63, 3.8) is 0 Å². The predicted octanol–water partition coefficient (Wildman–Crippen LogP) is 1.93. The number of thioether (sulfide) groups is 1. The summed E-state index contributed by atoms with van der Waals surface area (Å²) >= 11 is 8.38. The van der Waals surface area contributed by atoms with Gasteiger partial charge in [-0.3, -0.25) is 9.59 Å². The molecule has 2 heterocycles. The highest BCUT2D eigenvalue weighted by Crippen LogP contribution is 2.24. The summed E-state index contributed by atoms with van der Waals surface area (Å²) in [6, 6.07) is 6.99.